The summed E-state index contributed by atoms with van der Waals surface area (Å²) in [7, 11) is 5.31. The van der Waals surface area contributed by atoms with Crippen molar-refractivity contribution in [3.05, 3.63) is 59.7 Å². The first-order valence-electron chi connectivity index (χ1n) is 7.21. The van der Waals surface area contributed by atoms with Crippen LogP contribution in [0, 0.1) is 0 Å². The van der Waals surface area contributed by atoms with Crippen molar-refractivity contribution < 1.29 is 9.47 Å². The summed E-state index contributed by atoms with van der Waals surface area (Å²) < 4.78 is 10.7. The molecule has 1 atom stereocenters. The summed E-state index contributed by atoms with van der Waals surface area (Å²) in [6.07, 6.45) is 2.08. The highest BCUT2D eigenvalue weighted by Crippen LogP contribution is 2.31. The van der Waals surface area contributed by atoms with E-state index in [4.69, 9.17) is 9.47 Å². The number of ether oxygens (including phenoxy) is 2. The molecule has 0 aliphatic heterocycles. The zero-order valence-electron chi connectivity index (χ0n) is 12.9. The van der Waals surface area contributed by atoms with Crippen LogP contribution in [0.25, 0.3) is 0 Å². The Morgan fingerprint density at radius 2 is 1.67 bits per heavy atom. The van der Waals surface area contributed by atoms with Gasteiger partial charge in [0, 0.05) is 6.04 Å². The van der Waals surface area contributed by atoms with Crippen LogP contribution in [0.1, 0.15) is 23.6 Å². The maximum atomic E-state index is 5.38. The Kier molecular flexibility index (Phi) is 5.64. The number of benzene rings is 2. The fraction of sp³-hybridized carbons (Fsp3) is 0.333. The van der Waals surface area contributed by atoms with Crippen molar-refractivity contribution in [2.24, 2.45) is 0 Å². The van der Waals surface area contributed by atoms with Crippen molar-refractivity contribution in [3.63, 3.8) is 0 Å². The van der Waals surface area contributed by atoms with E-state index in [1.54, 1.807) is 14.2 Å². The SMILES string of the molecule is CNC(CCc1ccccc1)c1ccc(OC)c(OC)c1. The summed E-state index contributed by atoms with van der Waals surface area (Å²) >= 11 is 0. The van der Waals surface area contributed by atoms with Gasteiger partial charge in [-0.25, -0.2) is 0 Å². The Balaban J connectivity index is 2.10. The molecule has 0 heterocycles. The van der Waals surface area contributed by atoms with Gasteiger partial charge in [-0.1, -0.05) is 36.4 Å². The number of nitrogens with one attached hydrogen (secondary N) is 1. The molecular formula is C18H23NO2. The maximum absolute atomic E-state index is 5.38. The fourth-order valence-corrected chi connectivity index (χ4v) is 2.50. The summed E-state index contributed by atoms with van der Waals surface area (Å²) in [5.74, 6) is 1.54. The Morgan fingerprint density at radius 1 is 0.952 bits per heavy atom. The van der Waals surface area contributed by atoms with Gasteiger partial charge in [-0.3, -0.25) is 0 Å². The van der Waals surface area contributed by atoms with Crippen molar-refractivity contribution in [2.75, 3.05) is 21.3 Å². The molecule has 0 saturated heterocycles. The third-order valence-electron chi connectivity index (χ3n) is 3.72. The quantitative estimate of drug-likeness (QED) is 0.843. The van der Waals surface area contributed by atoms with Gasteiger partial charge in [-0.2, -0.15) is 0 Å². The fourth-order valence-electron chi connectivity index (χ4n) is 2.50. The second-order valence-corrected chi connectivity index (χ2v) is 4.98. The minimum atomic E-state index is 0.296. The van der Waals surface area contributed by atoms with E-state index in [9.17, 15) is 0 Å². The average Bonchev–Trinajstić information content (AvgIpc) is 2.56. The molecule has 21 heavy (non-hydrogen) atoms. The summed E-state index contributed by atoms with van der Waals surface area (Å²) in [6, 6.07) is 16.9. The first kappa shape index (κ1) is 15.4. The van der Waals surface area contributed by atoms with Crippen molar-refractivity contribution in [1.29, 1.82) is 0 Å². The number of aryl methyl sites for hydroxylation is 1. The highest BCUT2D eigenvalue weighted by molar-refractivity contribution is 5.43. The minimum Gasteiger partial charge on any atom is -0.493 e. The van der Waals surface area contributed by atoms with Gasteiger partial charge in [0.15, 0.2) is 11.5 Å². The summed E-state index contributed by atoms with van der Waals surface area (Å²) in [6.45, 7) is 0. The Labute approximate surface area is 126 Å². The summed E-state index contributed by atoms with van der Waals surface area (Å²) in [4.78, 5) is 0. The smallest absolute Gasteiger partial charge is 0.161 e. The molecule has 2 aromatic carbocycles. The van der Waals surface area contributed by atoms with Crippen LogP contribution in [0.2, 0.25) is 0 Å². The van der Waals surface area contributed by atoms with E-state index in [1.165, 1.54) is 11.1 Å². The van der Waals surface area contributed by atoms with Gasteiger partial charge in [0.1, 0.15) is 0 Å². The van der Waals surface area contributed by atoms with Crippen molar-refractivity contribution in [3.8, 4) is 11.5 Å². The van der Waals surface area contributed by atoms with Gasteiger partial charge in [0.2, 0.25) is 0 Å². The van der Waals surface area contributed by atoms with E-state index in [2.05, 4.69) is 35.6 Å². The molecule has 0 aliphatic carbocycles. The average molecular weight is 285 g/mol. The van der Waals surface area contributed by atoms with Crippen LogP contribution in [0.5, 0.6) is 11.5 Å². The van der Waals surface area contributed by atoms with Gasteiger partial charge in [-0.15, -0.1) is 0 Å². The van der Waals surface area contributed by atoms with E-state index >= 15 is 0 Å². The van der Waals surface area contributed by atoms with E-state index in [-0.39, 0.29) is 0 Å². The van der Waals surface area contributed by atoms with Crippen LogP contribution in [0.4, 0.5) is 0 Å². The predicted octanol–water partition coefficient (Wildman–Crippen LogP) is 3.60. The lowest BCUT2D eigenvalue weighted by Gasteiger charge is -2.18. The second kappa shape index (κ2) is 7.70. The topological polar surface area (TPSA) is 30.5 Å². The van der Waals surface area contributed by atoms with Gasteiger partial charge in [0.05, 0.1) is 14.2 Å². The van der Waals surface area contributed by atoms with E-state index in [0.717, 1.165) is 24.3 Å². The molecule has 0 aromatic heterocycles. The number of hydrogen-bond donors (Lipinski definition) is 1. The molecule has 2 aromatic rings. The van der Waals surface area contributed by atoms with Crippen LogP contribution in [0.15, 0.2) is 48.5 Å². The molecule has 0 radical (unpaired) electrons. The molecule has 0 fully saturated rings. The molecule has 1 unspecified atom stereocenters. The first-order valence-corrected chi connectivity index (χ1v) is 7.21. The van der Waals surface area contributed by atoms with Gasteiger partial charge in [-0.05, 0) is 43.1 Å². The summed E-state index contributed by atoms with van der Waals surface area (Å²) in [5.41, 5.74) is 2.57. The molecule has 1 N–H and O–H groups in total. The van der Waals surface area contributed by atoms with Gasteiger partial charge in [0.25, 0.3) is 0 Å². The van der Waals surface area contributed by atoms with Crippen LogP contribution in [0.3, 0.4) is 0 Å². The first-order chi connectivity index (χ1) is 10.3. The van der Waals surface area contributed by atoms with Crippen molar-refractivity contribution >= 4 is 0 Å². The van der Waals surface area contributed by atoms with Gasteiger partial charge < -0.3 is 14.8 Å². The normalized spacial score (nSPS) is 12.0. The minimum absolute atomic E-state index is 0.296. The lowest BCUT2D eigenvalue weighted by molar-refractivity contribution is 0.353. The van der Waals surface area contributed by atoms with Gasteiger partial charge >= 0.3 is 0 Å². The van der Waals surface area contributed by atoms with Crippen LogP contribution >= 0.6 is 0 Å². The standard InChI is InChI=1S/C18H23NO2/c1-19-16(11-9-14-7-5-4-6-8-14)15-10-12-17(20-2)18(13-15)21-3/h4-8,10,12-13,16,19H,9,11H2,1-3H3. The number of rotatable bonds is 7. The Morgan fingerprint density at radius 3 is 2.29 bits per heavy atom. The van der Waals surface area contributed by atoms with E-state index in [1.807, 2.05) is 25.2 Å². The number of hydrogen-bond acceptors (Lipinski definition) is 3. The van der Waals surface area contributed by atoms with Crippen LogP contribution in [-0.4, -0.2) is 21.3 Å². The zero-order chi connectivity index (χ0) is 15.1. The molecule has 0 bridgehead atoms. The summed E-state index contributed by atoms with van der Waals surface area (Å²) in [5, 5.41) is 3.38. The lowest BCUT2D eigenvalue weighted by atomic mass is 9.98. The molecule has 3 nitrogen and oxygen atoms in total. The Hall–Kier alpha value is -2.00. The maximum Gasteiger partial charge on any atom is 0.161 e. The molecule has 0 saturated carbocycles. The molecular weight excluding hydrogens is 262 g/mol. The van der Waals surface area contributed by atoms with E-state index in [0.29, 0.717) is 6.04 Å². The third-order valence-corrected chi connectivity index (χ3v) is 3.72. The van der Waals surface area contributed by atoms with Crippen molar-refractivity contribution in [1.82, 2.24) is 5.32 Å². The largest absolute Gasteiger partial charge is 0.493 e. The van der Waals surface area contributed by atoms with E-state index < -0.39 is 0 Å². The van der Waals surface area contributed by atoms with Crippen molar-refractivity contribution in [2.45, 2.75) is 18.9 Å². The highest BCUT2D eigenvalue weighted by Gasteiger charge is 2.12. The monoisotopic (exact) mass is 285 g/mol. The molecule has 2 rings (SSSR count). The molecule has 0 amide bonds. The molecule has 112 valence electrons. The molecule has 3 heteroatoms. The predicted molar refractivity (Wildman–Crippen MR) is 86.1 cm³/mol. The highest BCUT2D eigenvalue weighted by atomic mass is 16.5. The van der Waals surface area contributed by atoms with Crippen LogP contribution < -0.4 is 14.8 Å². The number of methoxy groups -OCH3 is 2. The third kappa shape index (κ3) is 3.99. The van der Waals surface area contributed by atoms with Crippen LogP contribution in [-0.2, 0) is 6.42 Å². The lowest BCUT2D eigenvalue weighted by Crippen LogP contribution is -2.17. The molecule has 0 aliphatic rings. The second-order valence-electron chi connectivity index (χ2n) is 4.98. The Bertz CT molecular complexity index is 554. The molecule has 0 spiro atoms. The zero-order valence-corrected chi connectivity index (χ0v) is 12.9.